The molecule has 0 aromatic heterocycles. The summed E-state index contributed by atoms with van der Waals surface area (Å²) in [6, 6.07) is 0. The monoisotopic (exact) mass is 76.0 g/mol. The molecule has 2 radical (unpaired) electrons. The molecule has 0 aliphatic heterocycles. The third kappa shape index (κ3) is 14.2. The average molecular weight is 76.1 g/mol. The number of nitrogens with zero attached hydrogens (tertiary/aromatic N) is 2. The Morgan fingerprint density at radius 2 is 2.00 bits per heavy atom. The molecule has 0 atom stereocenters. The van der Waals surface area contributed by atoms with Gasteiger partial charge in [-0.2, -0.15) is 0 Å². The zero-order valence-electron chi connectivity index (χ0n) is 2.97. The summed E-state index contributed by atoms with van der Waals surface area (Å²) in [5.41, 5.74) is 7.40. The molecule has 0 saturated heterocycles. The standard InChI is InChI=1S/CHN2Si.Li/c2-3-1-4;/h1H;/q-1;+1. The van der Waals surface area contributed by atoms with Gasteiger partial charge in [0.05, 0.1) is 0 Å². The smallest absolute Gasteiger partial charge is 0.545 e. The molecule has 0 aliphatic rings. The van der Waals surface area contributed by atoms with Gasteiger partial charge in [0.1, 0.15) is 0 Å². The van der Waals surface area contributed by atoms with Gasteiger partial charge in [0.2, 0.25) is 0 Å². The normalized spacial score (nSPS) is 3.20. The largest absolute Gasteiger partial charge is 1.00 e. The van der Waals surface area contributed by atoms with Crippen molar-refractivity contribution in [2.75, 3.05) is 0 Å². The summed E-state index contributed by atoms with van der Waals surface area (Å²) in [4.78, 5) is 2.52. The van der Waals surface area contributed by atoms with Gasteiger partial charge < -0.3 is 15.8 Å². The molecule has 0 heterocycles. The minimum Gasteiger partial charge on any atom is -0.545 e. The quantitative estimate of drug-likeness (QED) is 0.124. The van der Waals surface area contributed by atoms with Gasteiger partial charge in [-0.1, -0.05) is 0 Å². The molecule has 0 saturated carbocycles. The Bertz CT molecular complexity index is 47.6. The molecule has 0 fully saturated rings. The SMILES string of the molecule is [Li+].[N-]=[N+]=C[Si-]. The van der Waals surface area contributed by atoms with Crippen LogP contribution in [-0.2, 0) is 0 Å². The molecule has 0 spiro atoms. The van der Waals surface area contributed by atoms with E-state index in [2.05, 4.69) is 15.0 Å². The number of hydrogen-bond donors (Lipinski definition) is 0. The molecular formula is CHLiN2Si. The first kappa shape index (κ1) is 8.96. The molecule has 0 aliphatic carbocycles. The Morgan fingerprint density at radius 1 is 1.80 bits per heavy atom. The van der Waals surface area contributed by atoms with Crippen LogP contribution in [0.25, 0.3) is 5.53 Å². The van der Waals surface area contributed by atoms with Crippen molar-refractivity contribution in [2.24, 2.45) is 0 Å². The van der Waals surface area contributed by atoms with Gasteiger partial charge in [-0.05, 0) is 0 Å². The van der Waals surface area contributed by atoms with E-state index in [1.165, 1.54) is 0 Å². The van der Waals surface area contributed by atoms with Crippen LogP contribution in [0.5, 0.6) is 0 Å². The van der Waals surface area contributed by atoms with Crippen molar-refractivity contribution in [1.82, 2.24) is 0 Å². The third-order valence-corrected chi connectivity index (χ3v) is 0.173. The predicted octanol–water partition coefficient (Wildman–Crippen LogP) is -3.58. The minimum atomic E-state index is 0. The van der Waals surface area contributed by atoms with E-state index in [9.17, 15) is 0 Å². The van der Waals surface area contributed by atoms with Crippen molar-refractivity contribution in [1.29, 1.82) is 0 Å². The number of rotatable bonds is 0. The van der Waals surface area contributed by atoms with Crippen LogP contribution in [0.3, 0.4) is 0 Å². The van der Waals surface area contributed by atoms with E-state index in [1.54, 1.807) is 0 Å². The topological polar surface area (TPSA) is 36.4 Å². The van der Waals surface area contributed by atoms with E-state index in [4.69, 9.17) is 5.53 Å². The molecule has 0 aromatic carbocycles. The van der Waals surface area contributed by atoms with Crippen LogP contribution in [0.4, 0.5) is 0 Å². The van der Waals surface area contributed by atoms with Gasteiger partial charge in [0.25, 0.3) is 0 Å². The molecule has 5 heavy (non-hydrogen) atoms. The maximum Gasteiger partial charge on any atom is 1.00 e. The first-order valence-electron chi connectivity index (χ1n) is 0.747. The second-order valence-electron chi connectivity index (χ2n) is 0.245. The fraction of sp³-hybridized carbons (Fsp3) is 0. The molecule has 2 nitrogen and oxygen atoms in total. The predicted molar refractivity (Wildman–Crippen MR) is 15.4 cm³/mol. The summed E-state index contributed by atoms with van der Waals surface area (Å²) in [6.45, 7) is 0. The van der Waals surface area contributed by atoms with Gasteiger partial charge in [0, 0.05) is 5.84 Å². The van der Waals surface area contributed by atoms with E-state index in [-0.39, 0.29) is 18.9 Å². The van der Waals surface area contributed by atoms with Crippen molar-refractivity contribution in [3.63, 3.8) is 0 Å². The second kappa shape index (κ2) is 8.89. The van der Waals surface area contributed by atoms with E-state index < -0.39 is 0 Å². The second-order valence-corrected chi connectivity index (χ2v) is 0.503. The molecule has 0 N–H and O–H groups in total. The van der Waals surface area contributed by atoms with Gasteiger partial charge in [0.15, 0.2) is 0 Å². The van der Waals surface area contributed by atoms with Gasteiger partial charge >= 0.3 is 18.9 Å². The van der Waals surface area contributed by atoms with Crippen molar-refractivity contribution in [3.8, 4) is 0 Å². The van der Waals surface area contributed by atoms with Crippen LogP contribution in [-0.4, -0.2) is 20.9 Å². The van der Waals surface area contributed by atoms with E-state index in [1.807, 2.05) is 0 Å². The zero-order valence-corrected chi connectivity index (χ0v) is 3.97. The summed E-state index contributed by atoms with van der Waals surface area (Å²) in [7, 11) is 2.75. The van der Waals surface area contributed by atoms with E-state index >= 15 is 0 Å². The van der Waals surface area contributed by atoms with Crippen LogP contribution in [0.1, 0.15) is 0 Å². The van der Waals surface area contributed by atoms with Crippen LogP contribution in [0, 0.1) is 0 Å². The van der Waals surface area contributed by atoms with Crippen molar-refractivity contribution in [3.05, 3.63) is 5.53 Å². The Balaban J connectivity index is 0. The summed E-state index contributed by atoms with van der Waals surface area (Å²) in [5.74, 6) is 1.11. The zero-order chi connectivity index (χ0) is 3.41. The molecule has 20 valence electrons. The fourth-order valence-electron chi connectivity index (χ4n) is 0. The van der Waals surface area contributed by atoms with Crippen LogP contribution < -0.4 is 18.9 Å². The Kier molecular flexibility index (Phi) is 15.9. The van der Waals surface area contributed by atoms with Gasteiger partial charge in [-0.3, -0.25) is 0 Å². The summed E-state index contributed by atoms with van der Waals surface area (Å²) in [5, 5.41) is 0. The Morgan fingerprint density at radius 3 is 2.00 bits per heavy atom. The molecule has 0 bridgehead atoms. The maximum absolute atomic E-state index is 7.40. The van der Waals surface area contributed by atoms with Crippen molar-refractivity contribution in [2.45, 2.75) is 0 Å². The van der Waals surface area contributed by atoms with Crippen LogP contribution in [0.2, 0.25) is 0 Å². The average Bonchev–Trinajstić information content (AvgIpc) is 1.37. The summed E-state index contributed by atoms with van der Waals surface area (Å²) >= 11 is 0. The maximum atomic E-state index is 7.40. The first-order chi connectivity index (χ1) is 1.91. The molecule has 0 aromatic rings. The third-order valence-electron chi connectivity index (χ3n) is 0.0577. The van der Waals surface area contributed by atoms with Crippen LogP contribution in [0.15, 0.2) is 0 Å². The fourth-order valence-corrected chi connectivity index (χ4v) is 0. The van der Waals surface area contributed by atoms with Gasteiger partial charge in [-0.25, -0.2) is 4.79 Å². The molecule has 0 amide bonds. The van der Waals surface area contributed by atoms with Gasteiger partial charge in [-0.15, -0.1) is 0 Å². The van der Waals surface area contributed by atoms with E-state index in [0.717, 1.165) is 5.84 Å². The summed E-state index contributed by atoms with van der Waals surface area (Å²) < 4.78 is 0. The molecule has 0 rings (SSSR count). The number of hydrogen-bond acceptors (Lipinski definition) is 0. The molecular weight excluding hydrogens is 75.1 g/mol. The minimum absolute atomic E-state index is 0. The molecule has 4 heteroatoms. The molecule has 0 unspecified atom stereocenters. The van der Waals surface area contributed by atoms with Crippen molar-refractivity contribution < 1.29 is 23.7 Å². The van der Waals surface area contributed by atoms with E-state index in [0.29, 0.717) is 0 Å². The van der Waals surface area contributed by atoms with Crippen molar-refractivity contribution >= 4 is 16.1 Å². The summed E-state index contributed by atoms with van der Waals surface area (Å²) in [6.07, 6.45) is 0. The first-order valence-corrected chi connectivity index (χ1v) is 1.32. The Hall–Kier alpha value is 0.194. The Labute approximate surface area is 45.8 Å². The van der Waals surface area contributed by atoms with Crippen LogP contribution >= 0.6 is 0 Å².